The molecule has 0 unspecified atom stereocenters. The Morgan fingerprint density at radius 3 is 3.20 bits per heavy atom. The molecule has 2 fully saturated rings. The Bertz CT molecular complexity index is 130. The van der Waals surface area contributed by atoms with Gasteiger partial charge >= 0.3 is 0 Å². The van der Waals surface area contributed by atoms with Crippen molar-refractivity contribution >= 4 is 8.45 Å². The number of nitrogens with two attached hydrogens (primary N) is 1. The minimum Gasteiger partial charge on any atom is -0.327 e. The zero-order valence-corrected chi connectivity index (χ0v) is 7.05. The van der Waals surface area contributed by atoms with Crippen LogP contribution in [0.25, 0.3) is 0 Å². The van der Waals surface area contributed by atoms with E-state index >= 15 is 0 Å². The van der Waals surface area contributed by atoms with Crippen LogP contribution in [-0.2, 0) is 4.52 Å². The quantitative estimate of drug-likeness (QED) is 0.538. The highest BCUT2D eigenvalue weighted by molar-refractivity contribution is 7.47. The van der Waals surface area contributed by atoms with Crippen LogP contribution in [0.1, 0.15) is 19.8 Å². The second-order valence-corrected chi connectivity index (χ2v) is 4.32. The van der Waals surface area contributed by atoms with E-state index in [1.165, 1.54) is 12.8 Å². The van der Waals surface area contributed by atoms with Crippen LogP contribution in [0.4, 0.5) is 0 Å². The average Bonchev–Trinajstić information content (AvgIpc) is 2.39. The zero-order chi connectivity index (χ0) is 7.14. The molecule has 3 nitrogen and oxygen atoms in total. The van der Waals surface area contributed by atoms with Gasteiger partial charge in [-0.2, -0.15) is 0 Å². The van der Waals surface area contributed by atoms with Crippen LogP contribution in [-0.4, -0.2) is 23.4 Å². The Labute approximate surface area is 62.5 Å². The second kappa shape index (κ2) is 2.42. The number of nitrogens with zero attached hydrogens (tertiary/aromatic N) is 1. The number of rotatable bonds is 0. The molecule has 2 heterocycles. The molecule has 3 atom stereocenters. The summed E-state index contributed by atoms with van der Waals surface area (Å²) in [5.74, 6) is 0. The molecule has 0 aromatic heterocycles. The van der Waals surface area contributed by atoms with E-state index in [-0.39, 0.29) is 0 Å². The van der Waals surface area contributed by atoms with Crippen molar-refractivity contribution in [1.29, 1.82) is 0 Å². The molecule has 0 saturated carbocycles. The van der Waals surface area contributed by atoms with Crippen LogP contribution in [0, 0.1) is 0 Å². The fourth-order valence-corrected chi connectivity index (χ4v) is 3.34. The maximum absolute atomic E-state index is 5.78. The Morgan fingerprint density at radius 1 is 1.70 bits per heavy atom. The Kier molecular flexibility index (Phi) is 1.69. The van der Waals surface area contributed by atoms with E-state index in [4.69, 9.17) is 10.0 Å². The lowest BCUT2D eigenvalue weighted by molar-refractivity contribution is 0.231. The molecule has 2 rings (SSSR count). The summed E-state index contributed by atoms with van der Waals surface area (Å²) in [6, 6.07) is 0.635. The van der Waals surface area contributed by atoms with Crippen LogP contribution in [0.3, 0.4) is 0 Å². The maximum Gasteiger partial charge on any atom is 0.182 e. The summed E-state index contributed by atoms with van der Waals surface area (Å²) in [5.41, 5.74) is 5.78. The van der Waals surface area contributed by atoms with E-state index in [2.05, 4.69) is 11.6 Å². The third-order valence-corrected chi connectivity index (χ3v) is 3.89. The van der Waals surface area contributed by atoms with Crippen molar-refractivity contribution in [2.24, 2.45) is 5.50 Å². The van der Waals surface area contributed by atoms with E-state index in [9.17, 15) is 0 Å². The Morgan fingerprint density at radius 2 is 2.50 bits per heavy atom. The molecule has 0 radical (unpaired) electrons. The summed E-state index contributed by atoms with van der Waals surface area (Å²) < 4.78 is 7.82. The molecule has 2 N–H and O–H groups in total. The van der Waals surface area contributed by atoms with E-state index in [0.29, 0.717) is 12.1 Å². The molecule has 58 valence electrons. The molecule has 0 aliphatic carbocycles. The SMILES string of the molecule is C[C@@H]1O[P@](N)N2CCC[C@@H]12. The fourth-order valence-electron chi connectivity index (χ4n) is 1.80. The van der Waals surface area contributed by atoms with Crippen molar-refractivity contribution in [2.75, 3.05) is 6.54 Å². The third kappa shape index (κ3) is 0.892. The van der Waals surface area contributed by atoms with Gasteiger partial charge in [0.15, 0.2) is 8.45 Å². The summed E-state index contributed by atoms with van der Waals surface area (Å²) in [4.78, 5) is 0. The number of hydrogen-bond acceptors (Lipinski definition) is 3. The molecular weight excluding hydrogens is 147 g/mol. The van der Waals surface area contributed by atoms with Crippen molar-refractivity contribution in [2.45, 2.75) is 31.9 Å². The smallest absolute Gasteiger partial charge is 0.182 e. The molecule has 2 aliphatic rings. The minimum absolute atomic E-state index is 0.374. The molecule has 0 spiro atoms. The lowest BCUT2D eigenvalue weighted by Gasteiger charge is -2.15. The van der Waals surface area contributed by atoms with Crippen LogP contribution in [0.5, 0.6) is 0 Å². The maximum atomic E-state index is 5.78. The van der Waals surface area contributed by atoms with E-state index in [0.717, 1.165) is 6.54 Å². The van der Waals surface area contributed by atoms with Crippen LogP contribution in [0.2, 0.25) is 0 Å². The van der Waals surface area contributed by atoms with Gasteiger partial charge in [0.05, 0.1) is 6.10 Å². The molecule has 0 amide bonds. The van der Waals surface area contributed by atoms with E-state index < -0.39 is 8.45 Å². The first-order chi connectivity index (χ1) is 4.79. The predicted molar refractivity (Wildman–Crippen MR) is 41.4 cm³/mol. The topological polar surface area (TPSA) is 38.5 Å². The van der Waals surface area contributed by atoms with Crippen LogP contribution >= 0.6 is 8.45 Å². The molecular formula is C6H13N2OP. The standard InChI is InChI=1S/C6H13N2OP/c1-5-6-3-2-4-8(6)10(7)9-5/h5-6H,2-4,7H2,1H3/t5-,6-,10+/m0/s1. The molecule has 0 bridgehead atoms. The van der Waals surface area contributed by atoms with Crippen LogP contribution in [0.15, 0.2) is 0 Å². The summed E-state index contributed by atoms with van der Waals surface area (Å²) in [5, 5.41) is 0. The monoisotopic (exact) mass is 160 g/mol. The van der Waals surface area contributed by atoms with Gasteiger partial charge < -0.3 is 4.52 Å². The minimum atomic E-state index is -0.711. The van der Waals surface area contributed by atoms with Crippen molar-refractivity contribution in [1.82, 2.24) is 4.67 Å². The van der Waals surface area contributed by atoms with Gasteiger partial charge in [0.25, 0.3) is 0 Å². The zero-order valence-electron chi connectivity index (χ0n) is 6.16. The highest BCUT2D eigenvalue weighted by Gasteiger charge is 2.41. The number of fused-ring (bicyclic) bond motifs is 1. The number of hydrogen-bond donors (Lipinski definition) is 1. The highest BCUT2D eigenvalue weighted by Crippen LogP contribution is 2.49. The average molecular weight is 160 g/mol. The van der Waals surface area contributed by atoms with Crippen molar-refractivity contribution in [3.63, 3.8) is 0 Å². The lowest BCUT2D eigenvalue weighted by atomic mass is 10.1. The summed E-state index contributed by atoms with van der Waals surface area (Å²) in [6.45, 7) is 3.27. The molecule has 10 heavy (non-hydrogen) atoms. The molecule has 4 heteroatoms. The molecule has 2 aliphatic heterocycles. The van der Waals surface area contributed by atoms with Gasteiger partial charge in [0.2, 0.25) is 0 Å². The van der Waals surface area contributed by atoms with Gasteiger partial charge in [-0.15, -0.1) is 0 Å². The van der Waals surface area contributed by atoms with Crippen molar-refractivity contribution in [3.05, 3.63) is 0 Å². The highest BCUT2D eigenvalue weighted by atomic mass is 31.2. The lowest BCUT2D eigenvalue weighted by Crippen LogP contribution is -2.25. The predicted octanol–water partition coefficient (Wildman–Crippen LogP) is 1.06. The van der Waals surface area contributed by atoms with Crippen LogP contribution < -0.4 is 5.50 Å². The van der Waals surface area contributed by atoms with Crippen molar-refractivity contribution in [3.8, 4) is 0 Å². The van der Waals surface area contributed by atoms with Gasteiger partial charge in [0.1, 0.15) is 0 Å². The summed E-state index contributed by atoms with van der Waals surface area (Å²) in [7, 11) is -0.711. The molecule has 0 aromatic carbocycles. The summed E-state index contributed by atoms with van der Waals surface area (Å²) in [6.07, 6.45) is 2.95. The Balaban J connectivity index is 2.11. The first kappa shape index (κ1) is 6.99. The van der Waals surface area contributed by atoms with Gasteiger partial charge in [-0.25, -0.2) is 4.67 Å². The van der Waals surface area contributed by atoms with Gasteiger partial charge in [-0.05, 0) is 19.8 Å². The largest absolute Gasteiger partial charge is 0.327 e. The summed E-state index contributed by atoms with van der Waals surface area (Å²) >= 11 is 0. The van der Waals surface area contributed by atoms with E-state index in [1.807, 2.05) is 0 Å². The third-order valence-electron chi connectivity index (χ3n) is 2.34. The first-order valence-electron chi connectivity index (χ1n) is 3.77. The first-order valence-corrected chi connectivity index (χ1v) is 5.05. The van der Waals surface area contributed by atoms with Gasteiger partial charge in [-0.1, -0.05) is 0 Å². The fraction of sp³-hybridized carbons (Fsp3) is 1.00. The normalized spacial score (nSPS) is 48.0. The second-order valence-electron chi connectivity index (χ2n) is 2.99. The Hall–Kier alpha value is 0.310. The van der Waals surface area contributed by atoms with Gasteiger partial charge in [0, 0.05) is 12.6 Å². The van der Waals surface area contributed by atoms with E-state index in [1.54, 1.807) is 0 Å². The molecule has 2 saturated heterocycles. The van der Waals surface area contributed by atoms with Crippen molar-refractivity contribution < 1.29 is 4.52 Å². The van der Waals surface area contributed by atoms with Gasteiger partial charge in [-0.3, -0.25) is 5.50 Å². The molecule has 0 aromatic rings.